The van der Waals surface area contributed by atoms with E-state index in [9.17, 15) is 0 Å². The first-order chi connectivity index (χ1) is 3.83. The van der Waals surface area contributed by atoms with Crippen LogP contribution in [0.15, 0.2) is 5.34 Å². The van der Waals surface area contributed by atoms with E-state index in [1.54, 1.807) is 0 Å². The van der Waals surface area contributed by atoms with Crippen molar-refractivity contribution in [2.75, 3.05) is 14.1 Å². The minimum Gasteiger partial charge on any atom is -0.444 e. The van der Waals surface area contributed by atoms with Crippen molar-refractivity contribution in [1.29, 1.82) is 5.39 Å². The molecule has 0 saturated carbocycles. The Morgan fingerprint density at radius 3 is 1.36 bits per heavy atom. The summed E-state index contributed by atoms with van der Waals surface area (Å²) in [6.45, 7) is 0. The minimum absolute atomic E-state index is 0. The van der Waals surface area contributed by atoms with E-state index in [1.165, 1.54) is 14.1 Å². The van der Waals surface area contributed by atoms with Crippen LogP contribution in [-0.2, 0) is 0 Å². The third kappa shape index (κ3) is 14500000. The molecule has 0 aromatic heterocycles. The molecular weight excluding hydrogens is 229 g/mol. The van der Waals surface area contributed by atoms with Crippen molar-refractivity contribution in [2.45, 2.75) is 7.43 Å². The van der Waals surface area contributed by atoms with Gasteiger partial charge in [-0.2, -0.15) is 13.5 Å². The van der Waals surface area contributed by atoms with Crippen LogP contribution in [0.4, 0.5) is 9.41 Å². The van der Waals surface area contributed by atoms with E-state index >= 15 is 0 Å². The van der Waals surface area contributed by atoms with Crippen molar-refractivity contribution in [3.63, 3.8) is 0 Å². The largest absolute Gasteiger partial charge is 1.00 e. The molecule has 6 nitrogen and oxygen atoms in total. The molecule has 0 aromatic carbocycles. The van der Waals surface area contributed by atoms with Crippen LogP contribution < -0.4 is 35.3 Å². The first-order valence-corrected chi connectivity index (χ1v) is 1.59. The van der Waals surface area contributed by atoms with Gasteiger partial charge in [-0.1, -0.05) is 7.43 Å². The van der Waals surface area contributed by atoms with Crippen LogP contribution in [0.25, 0.3) is 4.98 Å². The summed E-state index contributed by atoms with van der Waals surface area (Å²) >= 11 is 0. The Bertz CT molecular complexity index is 78.9. The molecule has 0 aliphatic heterocycles. The number of halogens is 2. The average molecular weight is 248 g/mol. The van der Waals surface area contributed by atoms with Gasteiger partial charge in [0.1, 0.15) is 4.98 Å². The van der Waals surface area contributed by atoms with Gasteiger partial charge in [-0.05, 0) is 7.05 Å². The molecule has 0 aromatic rings. The second kappa shape index (κ2) is 472. The van der Waals surface area contributed by atoms with Gasteiger partial charge in [-0.15, -0.1) is 5.34 Å². The van der Waals surface area contributed by atoms with Gasteiger partial charge in [-0.3, -0.25) is 9.41 Å². The number of rotatable bonds is 0. The normalized spacial score (nSPS) is 1.86. The van der Waals surface area contributed by atoms with Gasteiger partial charge < -0.3 is 23.3 Å². The quantitative estimate of drug-likeness (QED) is 0.191. The molecule has 0 atom stereocenters. The van der Waals surface area contributed by atoms with Crippen molar-refractivity contribution >= 4 is 13.5 Å². The van der Waals surface area contributed by atoms with E-state index in [2.05, 4.69) is 10.7 Å². The molecule has 0 spiro atoms. The third-order valence-electron chi connectivity index (χ3n) is 0. The van der Waals surface area contributed by atoms with Crippen LogP contribution in [0.1, 0.15) is 7.43 Å². The standard InChI is InChI=1S/CH3N2.CH5N.CH4.CH3.2FH.HNO2.Na.H2S/c1-3-2;1-2;;;;;2-1-3;;/h1H3;2H2,1H3;1H4;1H3;2*1H;(H,2,3);;1H2/q+1;;;-1;;;;+1;/p-1. The van der Waals surface area contributed by atoms with Crippen molar-refractivity contribution in [3.05, 3.63) is 22.5 Å². The molecule has 0 fully saturated rings. The maximum atomic E-state index is 8.00. The summed E-state index contributed by atoms with van der Waals surface area (Å²) < 4.78 is 0. The molecule has 2 N–H and O–H groups in total. The zero-order chi connectivity index (χ0) is 7.41. The summed E-state index contributed by atoms with van der Waals surface area (Å²) in [5, 5.41) is 16.2. The molecule has 0 saturated heterocycles. The van der Waals surface area contributed by atoms with Crippen molar-refractivity contribution in [2.24, 2.45) is 11.1 Å². The fourth-order valence-corrected chi connectivity index (χ4v) is 0. The monoisotopic (exact) mass is 248 g/mol. The maximum absolute atomic E-state index is 8.00. The van der Waals surface area contributed by atoms with Crippen molar-refractivity contribution in [3.8, 4) is 0 Å². The first kappa shape index (κ1) is 94.8. The van der Waals surface area contributed by atoms with E-state index in [1.807, 2.05) is 0 Å². The number of diazo groups is 1. The molecule has 0 amide bonds. The minimum atomic E-state index is 0. The smallest absolute Gasteiger partial charge is 0.444 e. The summed E-state index contributed by atoms with van der Waals surface area (Å²) in [4.78, 5) is 10.5. The second-order valence-corrected chi connectivity index (χ2v) is 0.275. The Balaban J connectivity index is -0.00000000319. The summed E-state index contributed by atoms with van der Waals surface area (Å²) in [7, 11) is 2.81. The van der Waals surface area contributed by atoms with E-state index in [0.29, 0.717) is 0 Å². The van der Waals surface area contributed by atoms with E-state index in [-0.39, 0.29) is 67.3 Å². The number of nitrogens with two attached hydrogens (primary N) is 1. The molecule has 0 rings (SSSR count). The molecule has 88 valence electrons. The summed E-state index contributed by atoms with van der Waals surface area (Å²) in [6, 6.07) is 0. The van der Waals surface area contributed by atoms with E-state index in [4.69, 9.17) is 15.5 Å². The Kier molecular flexibility index (Phi) is 3190. The number of hydrogen-bond acceptors (Lipinski definition) is 5. The predicted molar refractivity (Wildman–Crippen MR) is 58.8 cm³/mol. The zero-order valence-electron chi connectivity index (χ0n) is 8.05. The molecule has 0 heterocycles. The van der Waals surface area contributed by atoms with Gasteiger partial charge in [0.25, 0.3) is 7.05 Å². The summed E-state index contributed by atoms with van der Waals surface area (Å²) in [5.74, 6) is 0. The van der Waals surface area contributed by atoms with Gasteiger partial charge in [0.05, 0.1) is 0 Å². The number of nitrogens with zero attached hydrogens (tertiary/aromatic N) is 3. The summed E-state index contributed by atoms with van der Waals surface area (Å²) in [5.41, 5.74) is 4.50. The van der Waals surface area contributed by atoms with Crippen LogP contribution >= 0.6 is 13.5 Å². The Labute approximate surface area is 113 Å². The molecule has 10 heteroatoms. The molecule has 0 aliphatic rings. The SMILES string of the molecule is C.CN.C[N+]#N.F.F.O=N[O-].S.[CH3-].[Na+]. The average Bonchev–Trinajstić information content (AvgIpc) is 1.75. The van der Waals surface area contributed by atoms with Crippen LogP contribution in [0.3, 0.4) is 0 Å². The van der Waals surface area contributed by atoms with Gasteiger partial charge in [0, 0.05) is 0 Å². The zero-order valence-corrected chi connectivity index (χ0v) is 11.1. The molecule has 14 heavy (non-hydrogen) atoms. The van der Waals surface area contributed by atoms with Gasteiger partial charge in [0.15, 0.2) is 0 Å². The van der Waals surface area contributed by atoms with Gasteiger partial charge in [-0.25, -0.2) is 0 Å². The van der Waals surface area contributed by atoms with E-state index < -0.39 is 0 Å². The Hall–Kier alpha value is -0.01000. The van der Waals surface area contributed by atoms with Crippen LogP contribution in [-0.4, -0.2) is 14.1 Å². The van der Waals surface area contributed by atoms with Crippen LogP contribution in [0, 0.1) is 22.9 Å². The van der Waals surface area contributed by atoms with Crippen LogP contribution in [0.5, 0.6) is 0 Å². The fraction of sp³-hybridized carbons (Fsp3) is 0.750. The Morgan fingerprint density at radius 2 is 1.36 bits per heavy atom. The predicted octanol–water partition coefficient (Wildman–Crippen LogP) is -1.20. The Morgan fingerprint density at radius 1 is 1.36 bits per heavy atom. The second-order valence-electron chi connectivity index (χ2n) is 0.275. The van der Waals surface area contributed by atoms with Gasteiger partial charge >= 0.3 is 29.6 Å². The summed E-state index contributed by atoms with van der Waals surface area (Å²) in [6.07, 6.45) is 0. The molecule has 0 bridgehead atoms. The van der Waals surface area contributed by atoms with Crippen LogP contribution in [0.2, 0.25) is 0 Å². The molecular formula is C4H19F2N4NaO2S. The van der Waals surface area contributed by atoms with Crippen molar-refractivity contribution < 1.29 is 39.0 Å². The van der Waals surface area contributed by atoms with Crippen molar-refractivity contribution in [1.82, 2.24) is 0 Å². The maximum Gasteiger partial charge on any atom is 1.00 e. The van der Waals surface area contributed by atoms with Gasteiger partial charge in [0.2, 0.25) is 5.39 Å². The topological polar surface area (TPSA) is 107 Å². The number of hydrogen-bond donors (Lipinski definition) is 1. The molecule has 0 radical (unpaired) electrons. The fourth-order valence-electron chi connectivity index (χ4n) is 0. The van der Waals surface area contributed by atoms with E-state index in [0.717, 1.165) is 5.34 Å². The molecule has 0 aliphatic carbocycles. The first-order valence-electron chi connectivity index (χ1n) is 1.59. The third-order valence-corrected chi connectivity index (χ3v) is 0. The molecule has 0 unspecified atom stereocenters.